The third kappa shape index (κ3) is 4.28. The summed E-state index contributed by atoms with van der Waals surface area (Å²) in [4.78, 5) is 26.0. The van der Waals surface area contributed by atoms with Gasteiger partial charge in [0, 0.05) is 22.3 Å². The van der Waals surface area contributed by atoms with Crippen LogP contribution in [0.5, 0.6) is 0 Å². The molecule has 0 N–H and O–H groups in total. The standard InChI is InChI=1S/C28H22O2/c29-27(23-13-3-1-4-14-23)25-17-9-7-11-21(25)19-20-22-12-8-10-18-26(22)28(30)24-15-5-2-6-16-24/h1-18H,19-20H2. The Morgan fingerprint density at radius 1 is 0.433 bits per heavy atom. The number of benzene rings is 4. The van der Waals surface area contributed by atoms with Crippen LogP contribution in [0, 0.1) is 0 Å². The third-order valence-electron chi connectivity index (χ3n) is 5.26. The summed E-state index contributed by atoms with van der Waals surface area (Å²) in [6.07, 6.45) is 1.38. The van der Waals surface area contributed by atoms with Gasteiger partial charge in [-0.25, -0.2) is 0 Å². The Hall–Kier alpha value is -3.78. The molecule has 146 valence electrons. The first kappa shape index (κ1) is 19.5. The van der Waals surface area contributed by atoms with Gasteiger partial charge in [0.15, 0.2) is 11.6 Å². The van der Waals surface area contributed by atoms with Crippen molar-refractivity contribution in [1.82, 2.24) is 0 Å². The van der Waals surface area contributed by atoms with Crippen LogP contribution in [0.3, 0.4) is 0 Å². The van der Waals surface area contributed by atoms with Crippen LogP contribution in [0.1, 0.15) is 43.0 Å². The normalized spacial score (nSPS) is 10.5. The summed E-state index contributed by atoms with van der Waals surface area (Å²) >= 11 is 0. The minimum absolute atomic E-state index is 0.0276. The van der Waals surface area contributed by atoms with Gasteiger partial charge in [-0.15, -0.1) is 0 Å². The molecule has 4 aromatic carbocycles. The van der Waals surface area contributed by atoms with E-state index in [-0.39, 0.29) is 11.6 Å². The number of rotatable bonds is 7. The largest absolute Gasteiger partial charge is 0.289 e. The van der Waals surface area contributed by atoms with Crippen LogP contribution >= 0.6 is 0 Å². The predicted octanol–water partition coefficient (Wildman–Crippen LogP) is 5.93. The third-order valence-corrected chi connectivity index (χ3v) is 5.26. The maximum Gasteiger partial charge on any atom is 0.193 e. The van der Waals surface area contributed by atoms with Gasteiger partial charge in [-0.2, -0.15) is 0 Å². The van der Waals surface area contributed by atoms with E-state index in [2.05, 4.69) is 0 Å². The predicted molar refractivity (Wildman–Crippen MR) is 120 cm³/mol. The highest BCUT2D eigenvalue weighted by Gasteiger charge is 2.16. The molecule has 2 heteroatoms. The monoisotopic (exact) mass is 390 g/mol. The topological polar surface area (TPSA) is 34.1 Å². The van der Waals surface area contributed by atoms with Crippen LogP contribution in [0.4, 0.5) is 0 Å². The summed E-state index contributed by atoms with van der Waals surface area (Å²) in [5.41, 5.74) is 4.79. The summed E-state index contributed by atoms with van der Waals surface area (Å²) in [7, 11) is 0. The van der Waals surface area contributed by atoms with Crippen LogP contribution in [0.25, 0.3) is 0 Å². The molecule has 0 aliphatic carbocycles. The summed E-state index contributed by atoms with van der Waals surface area (Å²) in [6.45, 7) is 0. The molecule has 0 aliphatic heterocycles. The lowest BCUT2D eigenvalue weighted by Gasteiger charge is -2.12. The fourth-order valence-electron chi connectivity index (χ4n) is 3.68. The van der Waals surface area contributed by atoms with Crippen molar-refractivity contribution in [2.45, 2.75) is 12.8 Å². The first-order valence-electron chi connectivity index (χ1n) is 10.1. The molecule has 0 atom stereocenters. The molecule has 0 spiro atoms. The van der Waals surface area contributed by atoms with E-state index >= 15 is 0 Å². The van der Waals surface area contributed by atoms with Crippen molar-refractivity contribution in [2.75, 3.05) is 0 Å². The highest BCUT2D eigenvalue weighted by molar-refractivity contribution is 6.10. The number of ketones is 2. The Bertz CT molecular complexity index is 1070. The van der Waals surface area contributed by atoms with Gasteiger partial charge in [0.25, 0.3) is 0 Å². The lowest BCUT2D eigenvalue weighted by molar-refractivity contribution is 0.102. The Morgan fingerprint density at radius 3 is 1.17 bits per heavy atom. The van der Waals surface area contributed by atoms with Crippen LogP contribution in [0.15, 0.2) is 109 Å². The van der Waals surface area contributed by atoms with Crippen LogP contribution in [-0.4, -0.2) is 11.6 Å². The van der Waals surface area contributed by atoms with E-state index in [9.17, 15) is 9.59 Å². The molecule has 0 heterocycles. The van der Waals surface area contributed by atoms with Crippen molar-refractivity contribution < 1.29 is 9.59 Å². The van der Waals surface area contributed by atoms with Gasteiger partial charge in [-0.1, -0.05) is 109 Å². The lowest BCUT2D eigenvalue weighted by Crippen LogP contribution is -2.09. The molecule has 0 bridgehead atoms. The van der Waals surface area contributed by atoms with E-state index < -0.39 is 0 Å². The molecule has 0 saturated carbocycles. The fraction of sp³-hybridized carbons (Fsp3) is 0.0714. The van der Waals surface area contributed by atoms with Crippen molar-refractivity contribution in [3.05, 3.63) is 143 Å². The first-order valence-corrected chi connectivity index (χ1v) is 10.1. The highest BCUT2D eigenvalue weighted by Crippen LogP contribution is 2.20. The molecule has 0 aromatic heterocycles. The quantitative estimate of drug-likeness (QED) is 0.366. The second-order valence-corrected chi connectivity index (χ2v) is 7.20. The van der Waals surface area contributed by atoms with E-state index in [0.29, 0.717) is 24.0 Å². The zero-order valence-electron chi connectivity index (χ0n) is 16.6. The molecule has 0 unspecified atom stereocenters. The van der Waals surface area contributed by atoms with E-state index in [1.165, 1.54) is 0 Å². The van der Waals surface area contributed by atoms with Crippen molar-refractivity contribution in [3.8, 4) is 0 Å². The number of hydrogen-bond acceptors (Lipinski definition) is 2. The smallest absolute Gasteiger partial charge is 0.193 e. The molecule has 0 amide bonds. The van der Waals surface area contributed by atoms with Crippen molar-refractivity contribution in [1.29, 1.82) is 0 Å². The second kappa shape index (κ2) is 9.15. The number of carbonyl (C=O) groups excluding carboxylic acids is 2. The molecule has 0 saturated heterocycles. The van der Waals surface area contributed by atoms with Gasteiger partial charge in [-0.05, 0) is 24.0 Å². The molecular weight excluding hydrogens is 368 g/mol. The maximum atomic E-state index is 13.0. The van der Waals surface area contributed by atoms with E-state index in [0.717, 1.165) is 22.3 Å². The minimum atomic E-state index is 0.0276. The van der Waals surface area contributed by atoms with Gasteiger partial charge in [0.05, 0.1) is 0 Å². The highest BCUT2D eigenvalue weighted by atomic mass is 16.1. The molecule has 0 radical (unpaired) electrons. The molecule has 2 nitrogen and oxygen atoms in total. The molecule has 4 aromatic rings. The van der Waals surface area contributed by atoms with Gasteiger partial charge < -0.3 is 0 Å². The molecule has 4 rings (SSSR count). The number of hydrogen-bond donors (Lipinski definition) is 0. The zero-order chi connectivity index (χ0) is 20.8. The SMILES string of the molecule is O=C(c1ccccc1)c1ccccc1CCc1ccccc1C(=O)c1ccccc1. The Morgan fingerprint density at radius 2 is 0.767 bits per heavy atom. The average molecular weight is 390 g/mol. The summed E-state index contributed by atoms with van der Waals surface area (Å²) in [5, 5.41) is 0. The van der Waals surface area contributed by atoms with Crippen molar-refractivity contribution in [2.24, 2.45) is 0 Å². The molecule has 30 heavy (non-hydrogen) atoms. The summed E-state index contributed by atoms with van der Waals surface area (Å²) in [6, 6.07) is 34.1. The fourth-order valence-corrected chi connectivity index (χ4v) is 3.68. The minimum Gasteiger partial charge on any atom is -0.289 e. The Balaban J connectivity index is 1.59. The molecule has 0 fully saturated rings. The number of carbonyl (C=O) groups is 2. The maximum absolute atomic E-state index is 13.0. The van der Waals surface area contributed by atoms with Gasteiger partial charge in [0.1, 0.15) is 0 Å². The second-order valence-electron chi connectivity index (χ2n) is 7.20. The summed E-state index contributed by atoms with van der Waals surface area (Å²) in [5.74, 6) is 0.0553. The van der Waals surface area contributed by atoms with Crippen LogP contribution < -0.4 is 0 Å². The molecular formula is C28H22O2. The van der Waals surface area contributed by atoms with Gasteiger partial charge in [0.2, 0.25) is 0 Å². The molecule has 0 aliphatic rings. The van der Waals surface area contributed by atoms with Crippen LogP contribution in [-0.2, 0) is 12.8 Å². The Labute approximate surface area is 176 Å². The van der Waals surface area contributed by atoms with E-state index in [1.807, 2.05) is 109 Å². The average Bonchev–Trinajstić information content (AvgIpc) is 2.83. The Kier molecular flexibility index (Phi) is 5.95. The van der Waals surface area contributed by atoms with Gasteiger partial charge >= 0.3 is 0 Å². The van der Waals surface area contributed by atoms with Crippen LogP contribution in [0.2, 0.25) is 0 Å². The van der Waals surface area contributed by atoms with E-state index in [1.54, 1.807) is 0 Å². The lowest BCUT2D eigenvalue weighted by atomic mass is 9.91. The van der Waals surface area contributed by atoms with Crippen molar-refractivity contribution in [3.63, 3.8) is 0 Å². The van der Waals surface area contributed by atoms with E-state index in [4.69, 9.17) is 0 Å². The number of aryl methyl sites for hydroxylation is 2. The van der Waals surface area contributed by atoms with Crippen molar-refractivity contribution >= 4 is 11.6 Å². The first-order chi connectivity index (χ1) is 14.7. The van der Waals surface area contributed by atoms with Gasteiger partial charge in [-0.3, -0.25) is 9.59 Å². The summed E-state index contributed by atoms with van der Waals surface area (Å²) < 4.78 is 0. The zero-order valence-corrected chi connectivity index (χ0v) is 16.6.